The Balaban J connectivity index is 1.40. The van der Waals surface area contributed by atoms with Crippen molar-refractivity contribution in [1.82, 2.24) is 14.9 Å². The summed E-state index contributed by atoms with van der Waals surface area (Å²) in [5, 5.41) is 0.277. The van der Waals surface area contributed by atoms with Crippen LogP contribution in [0.5, 0.6) is 0 Å². The molecule has 2 aromatic rings. The summed E-state index contributed by atoms with van der Waals surface area (Å²) in [5.41, 5.74) is 0.0505. The molecule has 0 saturated carbocycles. The first kappa shape index (κ1) is 18.9. The molecule has 3 heterocycles. The van der Waals surface area contributed by atoms with Crippen molar-refractivity contribution in [3.8, 4) is 0 Å². The first-order valence-corrected chi connectivity index (χ1v) is 9.63. The summed E-state index contributed by atoms with van der Waals surface area (Å²) in [6, 6.07) is 6.11. The summed E-state index contributed by atoms with van der Waals surface area (Å²) in [6.07, 6.45) is 1.57. The number of benzene rings is 1. The average Bonchev–Trinajstić information content (AvgIpc) is 2.74. The van der Waals surface area contributed by atoms with Crippen molar-refractivity contribution in [2.24, 2.45) is 0 Å². The van der Waals surface area contributed by atoms with Crippen LogP contribution in [0.1, 0.15) is 10.4 Å². The summed E-state index contributed by atoms with van der Waals surface area (Å²) >= 11 is 5.77. The number of ether oxygens (including phenoxy) is 1. The molecule has 0 spiro atoms. The third-order valence-electron chi connectivity index (χ3n) is 5.03. The molecular weight excluding hydrogens is 385 g/mol. The molecule has 0 aliphatic carbocycles. The number of carbonyl (C=O) groups excluding carboxylic acids is 1. The number of piperazine rings is 1. The second-order valence-corrected chi connectivity index (χ2v) is 7.17. The molecule has 0 bridgehead atoms. The van der Waals surface area contributed by atoms with Crippen LogP contribution in [-0.4, -0.2) is 73.3 Å². The van der Waals surface area contributed by atoms with Gasteiger partial charge in [0, 0.05) is 50.4 Å². The highest BCUT2D eigenvalue weighted by atomic mass is 35.5. The highest BCUT2D eigenvalue weighted by Gasteiger charge is 2.25. The molecule has 0 unspecified atom stereocenters. The Bertz CT molecular complexity index is 854. The molecule has 2 aliphatic rings. The predicted octanol–water partition coefficient (Wildman–Crippen LogP) is 2.07. The van der Waals surface area contributed by atoms with Gasteiger partial charge in [-0.05, 0) is 18.2 Å². The van der Waals surface area contributed by atoms with Crippen LogP contribution >= 0.6 is 11.6 Å². The maximum atomic E-state index is 14.0. The number of morpholine rings is 1. The Morgan fingerprint density at radius 2 is 1.61 bits per heavy atom. The van der Waals surface area contributed by atoms with Crippen molar-refractivity contribution in [3.63, 3.8) is 0 Å². The van der Waals surface area contributed by atoms with Crippen LogP contribution in [0.15, 0.2) is 30.6 Å². The second kappa shape index (κ2) is 8.28. The van der Waals surface area contributed by atoms with E-state index in [1.54, 1.807) is 11.2 Å². The van der Waals surface area contributed by atoms with Crippen molar-refractivity contribution in [1.29, 1.82) is 0 Å². The van der Waals surface area contributed by atoms with Crippen molar-refractivity contribution in [2.75, 3.05) is 62.3 Å². The topological polar surface area (TPSA) is 61.8 Å². The van der Waals surface area contributed by atoms with Gasteiger partial charge < -0.3 is 19.4 Å². The minimum absolute atomic E-state index is 0.0505. The molecule has 2 saturated heterocycles. The van der Waals surface area contributed by atoms with Crippen LogP contribution in [0, 0.1) is 5.82 Å². The van der Waals surface area contributed by atoms with Gasteiger partial charge in [-0.1, -0.05) is 11.6 Å². The van der Waals surface area contributed by atoms with Crippen molar-refractivity contribution >= 4 is 29.1 Å². The molecule has 0 atom stereocenters. The lowest BCUT2D eigenvalue weighted by molar-refractivity contribution is 0.0742. The molecule has 0 radical (unpaired) electrons. The van der Waals surface area contributed by atoms with E-state index in [4.69, 9.17) is 16.3 Å². The van der Waals surface area contributed by atoms with Crippen molar-refractivity contribution < 1.29 is 13.9 Å². The minimum Gasteiger partial charge on any atom is -0.378 e. The first-order valence-electron chi connectivity index (χ1n) is 9.26. The Morgan fingerprint density at radius 3 is 2.25 bits per heavy atom. The van der Waals surface area contributed by atoms with Gasteiger partial charge in [0.2, 0.25) is 0 Å². The number of rotatable bonds is 3. The number of halogens is 2. The number of hydrogen-bond acceptors (Lipinski definition) is 6. The van der Waals surface area contributed by atoms with Crippen molar-refractivity contribution in [3.05, 3.63) is 47.0 Å². The standard InChI is InChI=1S/C19H21ClFN5O2/c20-14-1-2-15(16(21)11-14)19(27)26-5-3-24(4-6-26)17-12-18(23-13-22-17)25-7-9-28-10-8-25/h1-2,11-13H,3-10H2. The molecule has 2 aliphatic heterocycles. The van der Waals surface area contributed by atoms with Crippen LogP contribution in [0.25, 0.3) is 0 Å². The molecular formula is C19H21ClFN5O2. The zero-order valence-corrected chi connectivity index (χ0v) is 16.1. The molecule has 1 aromatic heterocycles. The second-order valence-electron chi connectivity index (χ2n) is 6.74. The number of hydrogen-bond donors (Lipinski definition) is 0. The summed E-state index contributed by atoms with van der Waals surface area (Å²) in [5.74, 6) is 0.813. The van der Waals surface area contributed by atoms with E-state index in [2.05, 4.69) is 19.8 Å². The summed E-state index contributed by atoms with van der Waals surface area (Å²) in [7, 11) is 0. The smallest absolute Gasteiger partial charge is 0.256 e. The lowest BCUT2D eigenvalue weighted by Gasteiger charge is -2.36. The fraction of sp³-hybridized carbons (Fsp3) is 0.421. The van der Waals surface area contributed by atoms with Gasteiger partial charge in [0.25, 0.3) is 5.91 Å². The highest BCUT2D eigenvalue weighted by Crippen LogP contribution is 2.21. The molecule has 1 amide bonds. The fourth-order valence-corrected chi connectivity index (χ4v) is 3.61. The zero-order valence-electron chi connectivity index (χ0n) is 15.4. The number of nitrogens with zero attached hydrogens (tertiary/aromatic N) is 5. The summed E-state index contributed by atoms with van der Waals surface area (Å²) in [6.45, 7) is 5.26. The maximum Gasteiger partial charge on any atom is 0.256 e. The lowest BCUT2D eigenvalue weighted by Crippen LogP contribution is -2.49. The van der Waals surface area contributed by atoms with E-state index in [9.17, 15) is 9.18 Å². The Labute approximate surface area is 167 Å². The van der Waals surface area contributed by atoms with Gasteiger partial charge in [-0.25, -0.2) is 14.4 Å². The van der Waals surface area contributed by atoms with Gasteiger partial charge in [0.05, 0.1) is 18.8 Å². The van der Waals surface area contributed by atoms with Crippen molar-refractivity contribution in [2.45, 2.75) is 0 Å². The average molecular weight is 406 g/mol. The number of anilines is 2. The van der Waals surface area contributed by atoms with Crippen LogP contribution in [0.2, 0.25) is 5.02 Å². The van der Waals surface area contributed by atoms with E-state index in [0.29, 0.717) is 39.4 Å². The summed E-state index contributed by atoms with van der Waals surface area (Å²) < 4.78 is 19.4. The summed E-state index contributed by atoms with van der Waals surface area (Å²) in [4.78, 5) is 27.3. The third kappa shape index (κ3) is 4.02. The van der Waals surface area contributed by atoms with Gasteiger partial charge in [-0.3, -0.25) is 4.79 Å². The van der Waals surface area contributed by atoms with Gasteiger partial charge in [-0.2, -0.15) is 0 Å². The van der Waals surface area contributed by atoms with Crippen LogP contribution < -0.4 is 9.80 Å². The fourth-order valence-electron chi connectivity index (χ4n) is 3.45. The van der Waals surface area contributed by atoms with E-state index >= 15 is 0 Å². The highest BCUT2D eigenvalue weighted by molar-refractivity contribution is 6.30. The van der Waals surface area contributed by atoms with E-state index in [0.717, 1.165) is 24.7 Å². The van der Waals surface area contributed by atoms with E-state index in [1.165, 1.54) is 18.2 Å². The molecule has 2 fully saturated rings. The molecule has 4 rings (SSSR count). The zero-order chi connectivity index (χ0) is 19.5. The van der Waals surface area contributed by atoms with Gasteiger partial charge in [-0.15, -0.1) is 0 Å². The normalized spacial score (nSPS) is 17.7. The van der Waals surface area contributed by atoms with Crippen LogP contribution in [0.4, 0.5) is 16.0 Å². The Morgan fingerprint density at radius 1 is 0.964 bits per heavy atom. The first-order chi connectivity index (χ1) is 13.6. The molecule has 0 N–H and O–H groups in total. The largest absolute Gasteiger partial charge is 0.378 e. The van der Waals surface area contributed by atoms with Crippen LogP contribution in [-0.2, 0) is 4.74 Å². The van der Waals surface area contributed by atoms with Crippen LogP contribution in [0.3, 0.4) is 0 Å². The number of carbonyl (C=O) groups is 1. The van der Waals surface area contributed by atoms with E-state index < -0.39 is 5.82 Å². The van der Waals surface area contributed by atoms with Gasteiger partial charge >= 0.3 is 0 Å². The molecule has 148 valence electrons. The maximum absolute atomic E-state index is 14.0. The molecule has 1 aromatic carbocycles. The minimum atomic E-state index is -0.592. The number of aromatic nitrogens is 2. The molecule has 7 nitrogen and oxygen atoms in total. The lowest BCUT2D eigenvalue weighted by atomic mass is 10.1. The predicted molar refractivity (Wildman–Crippen MR) is 105 cm³/mol. The van der Waals surface area contributed by atoms with Gasteiger partial charge in [0.1, 0.15) is 23.8 Å². The third-order valence-corrected chi connectivity index (χ3v) is 5.26. The SMILES string of the molecule is O=C(c1ccc(Cl)cc1F)N1CCN(c2cc(N3CCOCC3)ncn2)CC1. The molecule has 9 heteroatoms. The van der Waals surface area contributed by atoms with E-state index in [1.807, 2.05) is 6.07 Å². The molecule has 28 heavy (non-hydrogen) atoms. The number of amides is 1. The van der Waals surface area contributed by atoms with Gasteiger partial charge in [0.15, 0.2) is 0 Å². The Kier molecular flexibility index (Phi) is 5.59. The quantitative estimate of drug-likeness (QED) is 0.779. The monoisotopic (exact) mass is 405 g/mol. The van der Waals surface area contributed by atoms with E-state index in [-0.39, 0.29) is 16.5 Å². The Hall–Kier alpha value is -2.45.